The van der Waals surface area contributed by atoms with Gasteiger partial charge in [-0.3, -0.25) is 4.79 Å². The number of carbonyl (C=O) groups excluding carboxylic acids is 1. The molecule has 3 nitrogen and oxygen atoms in total. The van der Waals surface area contributed by atoms with E-state index >= 15 is 0 Å². The molecule has 0 aliphatic carbocycles. The molecule has 0 bridgehead atoms. The van der Waals surface area contributed by atoms with Crippen LogP contribution in [0.2, 0.25) is 0 Å². The Morgan fingerprint density at radius 1 is 1.25 bits per heavy atom. The molecule has 1 aromatic rings. The molecule has 88 valence electrons. The minimum atomic E-state index is 0.198. The number of hydrogen-bond acceptors (Lipinski definition) is 3. The Morgan fingerprint density at radius 3 is 2.44 bits per heavy atom. The van der Waals surface area contributed by atoms with Crippen molar-refractivity contribution in [3.63, 3.8) is 0 Å². The SMILES string of the molecule is CCC(CC)CC(=O)c1cc(C)nnc1C. The summed E-state index contributed by atoms with van der Waals surface area (Å²) in [7, 11) is 0. The normalized spacial score (nSPS) is 10.8. The van der Waals surface area contributed by atoms with Crippen molar-refractivity contribution in [2.75, 3.05) is 0 Å². The minimum absolute atomic E-state index is 0.198. The number of aromatic nitrogens is 2. The molecule has 1 rings (SSSR count). The van der Waals surface area contributed by atoms with Crippen LogP contribution >= 0.6 is 0 Å². The Labute approximate surface area is 97.3 Å². The van der Waals surface area contributed by atoms with Gasteiger partial charge in [-0.05, 0) is 25.8 Å². The zero-order chi connectivity index (χ0) is 12.1. The van der Waals surface area contributed by atoms with Crippen LogP contribution < -0.4 is 0 Å². The van der Waals surface area contributed by atoms with Crippen molar-refractivity contribution in [1.29, 1.82) is 0 Å². The summed E-state index contributed by atoms with van der Waals surface area (Å²) < 4.78 is 0. The third kappa shape index (κ3) is 3.12. The second kappa shape index (κ2) is 5.73. The fourth-order valence-corrected chi connectivity index (χ4v) is 1.78. The molecule has 3 heteroatoms. The van der Waals surface area contributed by atoms with Crippen LogP contribution in [0.3, 0.4) is 0 Å². The van der Waals surface area contributed by atoms with Crippen molar-refractivity contribution >= 4 is 5.78 Å². The zero-order valence-corrected chi connectivity index (χ0v) is 10.6. The van der Waals surface area contributed by atoms with Gasteiger partial charge in [0.05, 0.1) is 11.4 Å². The van der Waals surface area contributed by atoms with Crippen molar-refractivity contribution in [1.82, 2.24) is 10.2 Å². The summed E-state index contributed by atoms with van der Waals surface area (Å²) in [5.74, 6) is 0.685. The monoisotopic (exact) mass is 220 g/mol. The molecule has 1 heterocycles. The lowest BCUT2D eigenvalue weighted by Gasteiger charge is -2.11. The molecule has 1 aromatic heterocycles. The third-order valence-electron chi connectivity index (χ3n) is 3.03. The van der Waals surface area contributed by atoms with E-state index in [-0.39, 0.29) is 5.78 Å². The molecule has 0 saturated carbocycles. The highest BCUT2D eigenvalue weighted by Gasteiger charge is 2.15. The number of hydrogen-bond donors (Lipinski definition) is 0. The molecule has 0 unspecified atom stereocenters. The predicted molar refractivity (Wildman–Crippen MR) is 64.5 cm³/mol. The quantitative estimate of drug-likeness (QED) is 0.716. The Hall–Kier alpha value is -1.25. The van der Waals surface area contributed by atoms with Gasteiger partial charge in [0, 0.05) is 12.0 Å². The molecule has 0 radical (unpaired) electrons. The van der Waals surface area contributed by atoms with Gasteiger partial charge in [-0.25, -0.2) is 0 Å². The maximum Gasteiger partial charge on any atom is 0.165 e. The predicted octanol–water partition coefficient (Wildman–Crippen LogP) is 3.10. The molecule has 0 atom stereocenters. The molecule has 0 aliphatic rings. The van der Waals surface area contributed by atoms with Crippen LogP contribution in [0.5, 0.6) is 0 Å². The second-order valence-corrected chi connectivity index (χ2v) is 4.29. The van der Waals surface area contributed by atoms with Gasteiger partial charge in [0.25, 0.3) is 0 Å². The van der Waals surface area contributed by atoms with Crippen LogP contribution in [-0.2, 0) is 0 Å². The van der Waals surface area contributed by atoms with Crippen LogP contribution in [0.25, 0.3) is 0 Å². The molecule has 0 aliphatic heterocycles. The van der Waals surface area contributed by atoms with Gasteiger partial charge < -0.3 is 0 Å². The van der Waals surface area contributed by atoms with E-state index in [9.17, 15) is 4.79 Å². The lowest BCUT2D eigenvalue weighted by Crippen LogP contribution is -2.10. The van der Waals surface area contributed by atoms with Gasteiger partial charge in [-0.2, -0.15) is 10.2 Å². The molecular formula is C13H20N2O. The fraction of sp³-hybridized carbons (Fsp3) is 0.615. The van der Waals surface area contributed by atoms with Crippen LogP contribution in [0.1, 0.15) is 54.9 Å². The van der Waals surface area contributed by atoms with Gasteiger partial charge in [0.2, 0.25) is 0 Å². The number of ketones is 1. The average molecular weight is 220 g/mol. The summed E-state index contributed by atoms with van der Waals surface area (Å²) >= 11 is 0. The first-order chi connectivity index (χ1) is 7.58. The van der Waals surface area contributed by atoms with E-state index in [0.29, 0.717) is 12.3 Å². The lowest BCUT2D eigenvalue weighted by atomic mass is 9.93. The van der Waals surface area contributed by atoms with Crippen LogP contribution in [-0.4, -0.2) is 16.0 Å². The van der Waals surface area contributed by atoms with Crippen LogP contribution in [0, 0.1) is 19.8 Å². The van der Waals surface area contributed by atoms with Gasteiger partial charge in [0.15, 0.2) is 5.78 Å². The molecular weight excluding hydrogens is 200 g/mol. The van der Waals surface area contributed by atoms with E-state index < -0.39 is 0 Å². The summed E-state index contributed by atoms with van der Waals surface area (Å²) in [6, 6.07) is 1.84. The minimum Gasteiger partial charge on any atom is -0.294 e. The highest BCUT2D eigenvalue weighted by atomic mass is 16.1. The van der Waals surface area contributed by atoms with E-state index in [1.54, 1.807) is 0 Å². The maximum absolute atomic E-state index is 12.1. The van der Waals surface area contributed by atoms with Crippen LogP contribution in [0.15, 0.2) is 6.07 Å². The molecule has 0 amide bonds. The van der Waals surface area contributed by atoms with Crippen molar-refractivity contribution < 1.29 is 4.79 Å². The van der Waals surface area contributed by atoms with E-state index in [0.717, 1.165) is 29.8 Å². The number of aryl methyl sites for hydroxylation is 2. The van der Waals surface area contributed by atoms with Gasteiger partial charge in [-0.15, -0.1) is 0 Å². The summed E-state index contributed by atoms with van der Waals surface area (Å²) in [6.45, 7) is 7.96. The maximum atomic E-state index is 12.1. The van der Waals surface area contributed by atoms with E-state index in [1.165, 1.54) is 0 Å². The van der Waals surface area contributed by atoms with Gasteiger partial charge in [-0.1, -0.05) is 26.7 Å². The Morgan fingerprint density at radius 2 is 1.88 bits per heavy atom. The standard InChI is InChI=1S/C13H20N2O/c1-5-11(6-2)8-13(16)12-7-9(3)14-15-10(12)4/h7,11H,5-6,8H2,1-4H3. The topological polar surface area (TPSA) is 42.9 Å². The number of nitrogens with zero attached hydrogens (tertiary/aromatic N) is 2. The highest BCUT2D eigenvalue weighted by Crippen LogP contribution is 2.17. The van der Waals surface area contributed by atoms with Crippen LogP contribution in [0.4, 0.5) is 0 Å². The highest BCUT2D eigenvalue weighted by molar-refractivity contribution is 5.97. The average Bonchev–Trinajstić information content (AvgIpc) is 2.28. The first-order valence-corrected chi connectivity index (χ1v) is 5.92. The van der Waals surface area contributed by atoms with Crippen molar-refractivity contribution in [2.45, 2.75) is 47.0 Å². The van der Waals surface area contributed by atoms with Crippen molar-refractivity contribution in [3.05, 3.63) is 23.0 Å². The second-order valence-electron chi connectivity index (χ2n) is 4.29. The lowest BCUT2D eigenvalue weighted by molar-refractivity contribution is 0.0957. The Balaban J connectivity index is 2.83. The molecule has 0 N–H and O–H groups in total. The number of Topliss-reactive ketones (excluding diaryl/α,β-unsaturated/α-hetero) is 1. The fourth-order valence-electron chi connectivity index (χ4n) is 1.78. The summed E-state index contributed by atoms with van der Waals surface area (Å²) in [4.78, 5) is 12.1. The molecule has 0 fully saturated rings. The van der Waals surface area contributed by atoms with E-state index in [1.807, 2.05) is 19.9 Å². The van der Waals surface area contributed by atoms with Crippen molar-refractivity contribution in [2.24, 2.45) is 5.92 Å². The Kier molecular flexibility index (Phi) is 4.59. The van der Waals surface area contributed by atoms with E-state index in [4.69, 9.17) is 0 Å². The largest absolute Gasteiger partial charge is 0.294 e. The first-order valence-electron chi connectivity index (χ1n) is 5.92. The molecule has 0 spiro atoms. The zero-order valence-electron chi connectivity index (χ0n) is 10.6. The number of carbonyl (C=O) groups is 1. The smallest absolute Gasteiger partial charge is 0.165 e. The summed E-state index contributed by atoms with van der Waals surface area (Å²) in [5, 5.41) is 7.93. The van der Waals surface area contributed by atoms with Crippen molar-refractivity contribution in [3.8, 4) is 0 Å². The first kappa shape index (κ1) is 12.8. The van der Waals surface area contributed by atoms with Gasteiger partial charge >= 0.3 is 0 Å². The molecule has 16 heavy (non-hydrogen) atoms. The number of rotatable bonds is 5. The van der Waals surface area contributed by atoms with Gasteiger partial charge in [0.1, 0.15) is 0 Å². The van der Waals surface area contributed by atoms with E-state index in [2.05, 4.69) is 24.0 Å². The summed E-state index contributed by atoms with van der Waals surface area (Å²) in [5.41, 5.74) is 2.28. The Bertz CT molecular complexity index is 370. The molecule has 0 saturated heterocycles. The molecule has 0 aromatic carbocycles. The third-order valence-corrected chi connectivity index (χ3v) is 3.03. The summed E-state index contributed by atoms with van der Waals surface area (Å²) in [6.07, 6.45) is 2.73.